The van der Waals surface area contributed by atoms with Crippen molar-refractivity contribution in [1.29, 1.82) is 0 Å². The summed E-state index contributed by atoms with van der Waals surface area (Å²) in [5.74, 6) is 0.341. The number of aromatic nitrogens is 2. The number of para-hydroxylation sites is 1. The van der Waals surface area contributed by atoms with E-state index in [1.807, 2.05) is 44.2 Å². The molecular weight excluding hydrogens is 398 g/mol. The third kappa shape index (κ3) is 5.57. The van der Waals surface area contributed by atoms with Crippen LogP contribution in [0.1, 0.15) is 51.8 Å². The van der Waals surface area contributed by atoms with Crippen LogP contribution in [0, 0.1) is 13.8 Å². The molecule has 2 heterocycles. The molecule has 1 amide bonds. The van der Waals surface area contributed by atoms with Gasteiger partial charge in [-0.05, 0) is 32.0 Å². The summed E-state index contributed by atoms with van der Waals surface area (Å²) in [5, 5.41) is 0.994. The number of benzene rings is 1. The van der Waals surface area contributed by atoms with E-state index in [1.165, 1.54) is 16.2 Å². The van der Waals surface area contributed by atoms with Crippen LogP contribution in [-0.4, -0.2) is 39.4 Å². The summed E-state index contributed by atoms with van der Waals surface area (Å²) in [5.41, 5.74) is 1.72. The van der Waals surface area contributed by atoms with Crippen LogP contribution in [0.25, 0.3) is 10.9 Å². The SMILES string of the molecule is Cc1ccc(C(=O)CCC(=O)CCC(=O)N(C)Cc2nc(C)c3ccccc3n2)s1. The Morgan fingerprint density at radius 2 is 1.67 bits per heavy atom. The molecule has 3 rings (SSSR count). The van der Waals surface area contributed by atoms with Crippen molar-refractivity contribution in [2.24, 2.45) is 0 Å². The molecule has 0 N–H and O–H groups in total. The Bertz CT molecular complexity index is 1090. The lowest BCUT2D eigenvalue weighted by molar-refractivity contribution is -0.132. The molecule has 1 aromatic carbocycles. The van der Waals surface area contributed by atoms with Crippen molar-refractivity contribution in [3.63, 3.8) is 0 Å². The molecule has 0 unspecified atom stereocenters. The number of carbonyl (C=O) groups is 3. The highest BCUT2D eigenvalue weighted by Crippen LogP contribution is 2.18. The molecule has 0 aliphatic heterocycles. The zero-order valence-electron chi connectivity index (χ0n) is 17.5. The van der Waals surface area contributed by atoms with Gasteiger partial charge in [0, 0.05) is 48.7 Å². The standard InChI is InChI=1S/C23H25N3O3S/c1-15-8-12-21(30-15)20(28)11-9-17(27)10-13-23(29)26(3)14-22-24-16(2)18-6-4-5-7-19(18)25-22/h4-8,12H,9-11,13-14H2,1-3H3. The summed E-state index contributed by atoms with van der Waals surface area (Å²) in [4.78, 5) is 48.9. The second kappa shape index (κ2) is 9.71. The molecule has 0 saturated carbocycles. The molecule has 0 aliphatic rings. The van der Waals surface area contributed by atoms with E-state index in [2.05, 4.69) is 9.97 Å². The monoisotopic (exact) mass is 423 g/mol. The lowest BCUT2D eigenvalue weighted by Crippen LogP contribution is -2.27. The van der Waals surface area contributed by atoms with E-state index in [1.54, 1.807) is 13.1 Å². The first-order valence-electron chi connectivity index (χ1n) is 9.91. The van der Waals surface area contributed by atoms with E-state index < -0.39 is 0 Å². The fourth-order valence-electron chi connectivity index (χ4n) is 3.19. The molecule has 2 aromatic heterocycles. The summed E-state index contributed by atoms with van der Waals surface area (Å²) in [6, 6.07) is 11.5. The number of nitrogens with zero attached hydrogens (tertiary/aromatic N) is 3. The Morgan fingerprint density at radius 3 is 2.40 bits per heavy atom. The van der Waals surface area contributed by atoms with Gasteiger partial charge in [0.25, 0.3) is 0 Å². The Morgan fingerprint density at radius 1 is 0.933 bits per heavy atom. The highest BCUT2D eigenvalue weighted by molar-refractivity contribution is 7.14. The lowest BCUT2D eigenvalue weighted by Gasteiger charge is -2.16. The van der Waals surface area contributed by atoms with E-state index in [9.17, 15) is 14.4 Å². The average molecular weight is 424 g/mol. The molecule has 0 bridgehead atoms. The van der Waals surface area contributed by atoms with Gasteiger partial charge in [0.15, 0.2) is 5.78 Å². The molecular formula is C23H25N3O3S. The Balaban J connectivity index is 1.47. The summed E-state index contributed by atoms with van der Waals surface area (Å²) in [6.07, 6.45) is 0.610. The Hall–Kier alpha value is -2.93. The van der Waals surface area contributed by atoms with Crippen LogP contribution in [0.2, 0.25) is 0 Å². The molecule has 30 heavy (non-hydrogen) atoms. The Kier molecular flexibility index (Phi) is 7.05. The number of rotatable bonds is 9. The first-order chi connectivity index (χ1) is 14.3. The average Bonchev–Trinajstić information content (AvgIpc) is 3.16. The number of thiophene rings is 1. The fourth-order valence-corrected chi connectivity index (χ4v) is 4.02. The number of hydrogen-bond donors (Lipinski definition) is 0. The third-order valence-electron chi connectivity index (χ3n) is 4.91. The predicted octanol–water partition coefficient (Wildman–Crippen LogP) is 4.28. The predicted molar refractivity (Wildman–Crippen MR) is 118 cm³/mol. The van der Waals surface area contributed by atoms with Crippen molar-refractivity contribution < 1.29 is 14.4 Å². The largest absolute Gasteiger partial charge is 0.338 e. The zero-order valence-corrected chi connectivity index (χ0v) is 18.3. The van der Waals surface area contributed by atoms with Crippen LogP contribution >= 0.6 is 11.3 Å². The molecule has 3 aromatic rings. The van der Waals surface area contributed by atoms with Gasteiger partial charge in [-0.1, -0.05) is 18.2 Å². The summed E-state index contributed by atoms with van der Waals surface area (Å²) in [7, 11) is 1.68. The van der Waals surface area contributed by atoms with Gasteiger partial charge in [0.2, 0.25) is 5.91 Å². The minimum Gasteiger partial charge on any atom is -0.338 e. The second-order valence-electron chi connectivity index (χ2n) is 7.36. The van der Waals surface area contributed by atoms with Crippen molar-refractivity contribution in [3.05, 3.63) is 57.7 Å². The van der Waals surface area contributed by atoms with Crippen molar-refractivity contribution in [3.8, 4) is 0 Å². The number of hydrogen-bond acceptors (Lipinski definition) is 6. The van der Waals surface area contributed by atoms with Gasteiger partial charge in [0.05, 0.1) is 16.9 Å². The van der Waals surface area contributed by atoms with Gasteiger partial charge in [-0.3, -0.25) is 14.4 Å². The maximum absolute atomic E-state index is 12.4. The quantitative estimate of drug-likeness (QED) is 0.480. The van der Waals surface area contributed by atoms with Gasteiger partial charge in [0.1, 0.15) is 11.6 Å². The van der Waals surface area contributed by atoms with Crippen LogP contribution in [0.5, 0.6) is 0 Å². The van der Waals surface area contributed by atoms with Crippen LogP contribution in [0.4, 0.5) is 0 Å². The number of amides is 1. The number of aryl methyl sites for hydroxylation is 2. The fraction of sp³-hybridized carbons (Fsp3) is 0.348. The van der Waals surface area contributed by atoms with Crippen LogP contribution in [0.3, 0.4) is 0 Å². The highest BCUT2D eigenvalue weighted by Gasteiger charge is 2.16. The molecule has 0 saturated heterocycles. The molecule has 0 fully saturated rings. The van der Waals surface area contributed by atoms with Crippen molar-refractivity contribution in [2.75, 3.05) is 7.05 Å². The van der Waals surface area contributed by atoms with E-state index in [4.69, 9.17) is 0 Å². The third-order valence-corrected chi connectivity index (χ3v) is 5.95. The van der Waals surface area contributed by atoms with Crippen LogP contribution < -0.4 is 0 Å². The lowest BCUT2D eigenvalue weighted by atomic mass is 10.1. The van der Waals surface area contributed by atoms with Gasteiger partial charge < -0.3 is 4.90 Å². The smallest absolute Gasteiger partial charge is 0.223 e. The van der Waals surface area contributed by atoms with Gasteiger partial charge in [-0.2, -0.15) is 0 Å². The number of ketones is 2. The minimum atomic E-state index is -0.141. The van der Waals surface area contributed by atoms with Gasteiger partial charge in [-0.15, -0.1) is 11.3 Å². The molecule has 6 nitrogen and oxygen atoms in total. The van der Waals surface area contributed by atoms with E-state index in [0.29, 0.717) is 10.7 Å². The van der Waals surface area contributed by atoms with E-state index in [-0.39, 0.29) is 49.7 Å². The highest BCUT2D eigenvalue weighted by atomic mass is 32.1. The molecule has 0 radical (unpaired) electrons. The summed E-state index contributed by atoms with van der Waals surface area (Å²) >= 11 is 1.44. The second-order valence-corrected chi connectivity index (χ2v) is 8.65. The molecule has 0 aliphatic carbocycles. The van der Waals surface area contributed by atoms with Gasteiger partial charge >= 0.3 is 0 Å². The maximum Gasteiger partial charge on any atom is 0.223 e. The molecule has 7 heteroatoms. The number of fused-ring (bicyclic) bond motifs is 1. The van der Waals surface area contributed by atoms with Crippen LogP contribution in [0.15, 0.2) is 36.4 Å². The van der Waals surface area contributed by atoms with Crippen molar-refractivity contribution in [1.82, 2.24) is 14.9 Å². The molecule has 156 valence electrons. The summed E-state index contributed by atoms with van der Waals surface area (Å²) in [6.45, 7) is 4.15. The topological polar surface area (TPSA) is 80.2 Å². The summed E-state index contributed by atoms with van der Waals surface area (Å²) < 4.78 is 0. The molecule has 0 spiro atoms. The Labute approximate surface area is 180 Å². The van der Waals surface area contributed by atoms with E-state index >= 15 is 0 Å². The first kappa shape index (κ1) is 21.8. The van der Waals surface area contributed by atoms with Crippen LogP contribution in [-0.2, 0) is 16.1 Å². The first-order valence-corrected chi connectivity index (χ1v) is 10.7. The van der Waals surface area contributed by atoms with E-state index in [0.717, 1.165) is 21.5 Å². The molecule has 0 atom stereocenters. The normalized spacial score (nSPS) is 10.9. The number of carbonyl (C=O) groups excluding carboxylic acids is 3. The van der Waals surface area contributed by atoms with Crippen molar-refractivity contribution in [2.45, 2.75) is 46.1 Å². The zero-order chi connectivity index (χ0) is 21.7. The van der Waals surface area contributed by atoms with Crippen molar-refractivity contribution >= 4 is 39.7 Å². The van der Waals surface area contributed by atoms with Gasteiger partial charge in [-0.25, -0.2) is 9.97 Å². The minimum absolute atomic E-state index is 0.0197. The maximum atomic E-state index is 12.4. The number of Topliss-reactive ketones (excluding diaryl/α,β-unsaturated/α-hetero) is 2.